The first-order valence-electron chi connectivity index (χ1n) is 6.20. The van der Waals surface area contributed by atoms with Crippen molar-refractivity contribution in [2.75, 3.05) is 14.2 Å². The van der Waals surface area contributed by atoms with Gasteiger partial charge in [-0.05, 0) is 36.8 Å². The van der Waals surface area contributed by atoms with Crippen molar-refractivity contribution in [1.29, 1.82) is 0 Å². The van der Waals surface area contributed by atoms with Crippen molar-refractivity contribution in [3.05, 3.63) is 47.4 Å². The van der Waals surface area contributed by atoms with Crippen LogP contribution in [-0.4, -0.2) is 14.2 Å². The van der Waals surface area contributed by atoms with E-state index in [1.807, 2.05) is 37.3 Å². The molecule has 1 N–H and O–H groups in total. The summed E-state index contributed by atoms with van der Waals surface area (Å²) in [6, 6.07) is 9.85. The molecule has 0 saturated carbocycles. The third-order valence-electron chi connectivity index (χ3n) is 2.87. The van der Waals surface area contributed by atoms with Crippen LogP contribution in [0.3, 0.4) is 0 Å². The molecule has 4 heteroatoms. The van der Waals surface area contributed by atoms with Crippen LogP contribution in [0.5, 0.6) is 11.5 Å². The second-order valence-electron chi connectivity index (χ2n) is 4.31. The van der Waals surface area contributed by atoms with Crippen LogP contribution in [0.15, 0.2) is 34.7 Å². The van der Waals surface area contributed by atoms with Crippen molar-refractivity contribution < 1.29 is 13.9 Å². The molecule has 2 rings (SSSR count). The highest BCUT2D eigenvalue weighted by molar-refractivity contribution is 5.42. The van der Waals surface area contributed by atoms with E-state index >= 15 is 0 Å². The van der Waals surface area contributed by atoms with E-state index in [4.69, 9.17) is 13.9 Å². The Kier molecular flexibility index (Phi) is 4.47. The van der Waals surface area contributed by atoms with Gasteiger partial charge in [0.05, 0.1) is 20.8 Å². The molecule has 0 amide bonds. The largest absolute Gasteiger partial charge is 0.493 e. The Bertz CT molecular complexity index is 534. The fraction of sp³-hybridized carbons (Fsp3) is 0.333. The lowest BCUT2D eigenvalue weighted by molar-refractivity contribution is 0.354. The highest BCUT2D eigenvalue weighted by Crippen LogP contribution is 2.27. The molecule has 4 nitrogen and oxygen atoms in total. The lowest BCUT2D eigenvalue weighted by Gasteiger charge is -2.09. The normalized spacial score (nSPS) is 10.5. The molecule has 0 aliphatic heterocycles. The van der Waals surface area contributed by atoms with Gasteiger partial charge >= 0.3 is 0 Å². The van der Waals surface area contributed by atoms with Crippen LogP contribution >= 0.6 is 0 Å². The molecule has 19 heavy (non-hydrogen) atoms. The summed E-state index contributed by atoms with van der Waals surface area (Å²) in [7, 11) is 3.27. The van der Waals surface area contributed by atoms with E-state index in [1.54, 1.807) is 14.2 Å². The van der Waals surface area contributed by atoms with Crippen molar-refractivity contribution in [1.82, 2.24) is 5.32 Å². The highest BCUT2D eigenvalue weighted by Gasteiger charge is 2.04. The van der Waals surface area contributed by atoms with E-state index in [2.05, 4.69) is 5.32 Å². The number of furan rings is 1. The van der Waals surface area contributed by atoms with Gasteiger partial charge in [-0.3, -0.25) is 0 Å². The molecule has 2 aromatic rings. The van der Waals surface area contributed by atoms with Gasteiger partial charge in [0.15, 0.2) is 11.5 Å². The quantitative estimate of drug-likeness (QED) is 0.868. The van der Waals surface area contributed by atoms with Crippen molar-refractivity contribution in [3.63, 3.8) is 0 Å². The first-order chi connectivity index (χ1) is 9.22. The Morgan fingerprint density at radius 2 is 1.79 bits per heavy atom. The summed E-state index contributed by atoms with van der Waals surface area (Å²) in [6.45, 7) is 3.40. The molecule has 102 valence electrons. The number of ether oxygens (including phenoxy) is 2. The van der Waals surface area contributed by atoms with Crippen LogP contribution in [0, 0.1) is 6.92 Å². The van der Waals surface area contributed by atoms with Crippen LogP contribution in [0.2, 0.25) is 0 Å². The Balaban J connectivity index is 1.92. The van der Waals surface area contributed by atoms with E-state index in [0.29, 0.717) is 6.54 Å². The van der Waals surface area contributed by atoms with Crippen molar-refractivity contribution >= 4 is 0 Å². The molecule has 0 spiro atoms. The third-order valence-corrected chi connectivity index (χ3v) is 2.87. The maximum absolute atomic E-state index is 5.50. The molecule has 1 heterocycles. The van der Waals surface area contributed by atoms with Gasteiger partial charge in [0.25, 0.3) is 0 Å². The molecule has 0 aliphatic carbocycles. The van der Waals surface area contributed by atoms with Gasteiger partial charge in [0.1, 0.15) is 11.5 Å². The van der Waals surface area contributed by atoms with Crippen molar-refractivity contribution in [3.8, 4) is 11.5 Å². The topological polar surface area (TPSA) is 43.6 Å². The fourth-order valence-corrected chi connectivity index (χ4v) is 1.90. The average Bonchev–Trinajstić information content (AvgIpc) is 2.84. The lowest BCUT2D eigenvalue weighted by Crippen LogP contribution is -2.12. The molecular weight excluding hydrogens is 242 g/mol. The first-order valence-corrected chi connectivity index (χ1v) is 6.20. The standard InChI is InChI=1S/C15H19NO3/c1-11-4-6-13(19-11)10-16-9-12-5-7-14(17-2)15(8-12)18-3/h4-8,16H,9-10H2,1-3H3. The first kappa shape index (κ1) is 13.5. The van der Waals surface area contributed by atoms with Gasteiger partial charge in [-0.2, -0.15) is 0 Å². The summed E-state index contributed by atoms with van der Waals surface area (Å²) in [4.78, 5) is 0. The minimum Gasteiger partial charge on any atom is -0.493 e. The van der Waals surface area contributed by atoms with Gasteiger partial charge in [-0.15, -0.1) is 0 Å². The SMILES string of the molecule is COc1ccc(CNCc2ccc(C)o2)cc1OC. The number of rotatable bonds is 6. The molecule has 0 fully saturated rings. The number of methoxy groups -OCH3 is 2. The lowest BCUT2D eigenvalue weighted by atomic mass is 10.2. The van der Waals surface area contributed by atoms with Gasteiger partial charge in [-0.25, -0.2) is 0 Å². The monoisotopic (exact) mass is 261 g/mol. The second kappa shape index (κ2) is 6.29. The second-order valence-corrected chi connectivity index (χ2v) is 4.31. The van der Waals surface area contributed by atoms with Crippen LogP contribution in [0.1, 0.15) is 17.1 Å². The summed E-state index contributed by atoms with van der Waals surface area (Å²) >= 11 is 0. The molecule has 0 aliphatic rings. The predicted molar refractivity (Wildman–Crippen MR) is 73.5 cm³/mol. The molecule has 1 aromatic heterocycles. The summed E-state index contributed by atoms with van der Waals surface area (Å²) in [5, 5.41) is 3.33. The Morgan fingerprint density at radius 1 is 1.00 bits per heavy atom. The Hall–Kier alpha value is -1.94. The zero-order valence-corrected chi connectivity index (χ0v) is 11.5. The summed E-state index contributed by atoms with van der Waals surface area (Å²) in [5.41, 5.74) is 1.14. The van der Waals surface area contributed by atoms with Crippen LogP contribution in [0.25, 0.3) is 0 Å². The average molecular weight is 261 g/mol. The number of aryl methyl sites for hydroxylation is 1. The summed E-state index contributed by atoms with van der Waals surface area (Å²) in [5.74, 6) is 3.37. The van der Waals surface area contributed by atoms with Crippen LogP contribution in [-0.2, 0) is 13.1 Å². The maximum Gasteiger partial charge on any atom is 0.161 e. The Morgan fingerprint density at radius 3 is 2.42 bits per heavy atom. The predicted octanol–water partition coefficient (Wildman–Crippen LogP) is 2.90. The van der Waals surface area contributed by atoms with Gasteiger partial charge < -0.3 is 19.2 Å². The van der Waals surface area contributed by atoms with E-state index in [9.17, 15) is 0 Å². The minimum absolute atomic E-state index is 0.711. The third kappa shape index (κ3) is 3.51. The molecule has 1 aromatic carbocycles. The van der Waals surface area contributed by atoms with E-state index < -0.39 is 0 Å². The zero-order valence-electron chi connectivity index (χ0n) is 11.5. The smallest absolute Gasteiger partial charge is 0.161 e. The van der Waals surface area contributed by atoms with Gasteiger partial charge in [-0.1, -0.05) is 6.07 Å². The minimum atomic E-state index is 0.711. The maximum atomic E-state index is 5.50. The summed E-state index contributed by atoms with van der Waals surface area (Å²) in [6.07, 6.45) is 0. The Labute approximate surface area is 113 Å². The van der Waals surface area contributed by atoms with E-state index in [0.717, 1.165) is 35.1 Å². The summed E-state index contributed by atoms with van der Waals surface area (Å²) < 4.78 is 16.0. The number of hydrogen-bond acceptors (Lipinski definition) is 4. The van der Waals surface area contributed by atoms with E-state index in [-0.39, 0.29) is 0 Å². The zero-order chi connectivity index (χ0) is 13.7. The van der Waals surface area contributed by atoms with E-state index in [1.165, 1.54) is 0 Å². The van der Waals surface area contributed by atoms with Gasteiger partial charge in [0.2, 0.25) is 0 Å². The number of nitrogens with one attached hydrogen (secondary N) is 1. The molecule has 0 saturated heterocycles. The van der Waals surface area contributed by atoms with Crippen LogP contribution in [0.4, 0.5) is 0 Å². The number of hydrogen-bond donors (Lipinski definition) is 1. The van der Waals surface area contributed by atoms with Gasteiger partial charge in [0, 0.05) is 6.54 Å². The fourth-order valence-electron chi connectivity index (χ4n) is 1.90. The molecule has 0 bridgehead atoms. The molecule has 0 unspecified atom stereocenters. The van der Waals surface area contributed by atoms with Crippen LogP contribution < -0.4 is 14.8 Å². The molecule has 0 atom stereocenters. The van der Waals surface area contributed by atoms with Crippen molar-refractivity contribution in [2.24, 2.45) is 0 Å². The molecule has 0 radical (unpaired) electrons. The highest BCUT2D eigenvalue weighted by atomic mass is 16.5. The van der Waals surface area contributed by atoms with Crippen molar-refractivity contribution in [2.45, 2.75) is 20.0 Å². The molecular formula is C15H19NO3. The number of benzene rings is 1.